The second-order valence-electron chi connectivity index (χ2n) is 4.92. The van der Waals surface area contributed by atoms with E-state index in [1.165, 1.54) is 6.07 Å². The van der Waals surface area contributed by atoms with Crippen molar-refractivity contribution in [2.75, 3.05) is 0 Å². The van der Waals surface area contributed by atoms with E-state index in [2.05, 4.69) is 0 Å². The van der Waals surface area contributed by atoms with Gasteiger partial charge in [0.05, 0.1) is 0 Å². The zero-order chi connectivity index (χ0) is 15.5. The van der Waals surface area contributed by atoms with Crippen LogP contribution in [0.15, 0.2) is 72.8 Å². The normalized spacial score (nSPS) is 10.4. The molecule has 0 unspecified atom stereocenters. The van der Waals surface area contributed by atoms with E-state index in [0.29, 0.717) is 5.56 Å². The average Bonchev–Trinajstić information content (AvgIpc) is 2.56. The lowest BCUT2D eigenvalue weighted by molar-refractivity contribution is 0.0694. The summed E-state index contributed by atoms with van der Waals surface area (Å²) in [5, 5.41) is 19.5. The zero-order valence-electron chi connectivity index (χ0n) is 11.7. The third kappa shape index (κ3) is 2.44. The summed E-state index contributed by atoms with van der Waals surface area (Å²) in [6.07, 6.45) is 0. The SMILES string of the molecule is O=C(O)c1cccc(-c2ccccc2-c2ccccc2)c1O. The van der Waals surface area contributed by atoms with Gasteiger partial charge in [0.2, 0.25) is 0 Å². The van der Waals surface area contributed by atoms with Crippen molar-refractivity contribution in [3.63, 3.8) is 0 Å². The molecule has 3 nitrogen and oxygen atoms in total. The lowest BCUT2D eigenvalue weighted by atomic mass is 9.93. The Morgan fingerprint density at radius 2 is 1.27 bits per heavy atom. The van der Waals surface area contributed by atoms with Crippen LogP contribution in [0.4, 0.5) is 0 Å². The van der Waals surface area contributed by atoms with Gasteiger partial charge in [0.25, 0.3) is 0 Å². The predicted molar refractivity (Wildman–Crippen MR) is 85.9 cm³/mol. The molecule has 0 bridgehead atoms. The third-order valence-corrected chi connectivity index (χ3v) is 3.57. The number of benzene rings is 3. The first-order valence-electron chi connectivity index (χ1n) is 6.88. The van der Waals surface area contributed by atoms with E-state index in [1.807, 2.05) is 54.6 Å². The highest BCUT2D eigenvalue weighted by Gasteiger charge is 2.16. The minimum Gasteiger partial charge on any atom is -0.506 e. The molecule has 0 amide bonds. The Morgan fingerprint density at radius 3 is 1.95 bits per heavy atom. The molecule has 3 aromatic carbocycles. The highest BCUT2D eigenvalue weighted by Crippen LogP contribution is 2.38. The third-order valence-electron chi connectivity index (χ3n) is 3.57. The number of hydrogen-bond donors (Lipinski definition) is 2. The van der Waals surface area contributed by atoms with Crippen LogP contribution in [0.2, 0.25) is 0 Å². The van der Waals surface area contributed by atoms with E-state index >= 15 is 0 Å². The quantitative estimate of drug-likeness (QED) is 0.750. The summed E-state index contributed by atoms with van der Waals surface area (Å²) in [5.74, 6) is -1.35. The van der Waals surface area contributed by atoms with E-state index in [1.54, 1.807) is 12.1 Å². The van der Waals surface area contributed by atoms with Crippen molar-refractivity contribution in [2.24, 2.45) is 0 Å². The minimum atomic E-state index is -1.14. The molecule has 0 aliphatic heterocycles. The summed E-state index contributed by atoms with van der Waals surface area (Å²) < 4.78 is 0. The second kappa shape index (κ2) is 5.74. The van der Waals surface area contributed by atoms with Crippen molar-refractivity contribution in [3.05, 3.63) is 78.4 Å². The molecule has 0 aliphatic rings. The first kappa shape index (κ1) is 13.9. The Hall–Kier alpha value is -3.07. The second-order valence-corrected chi connectivity index (χ2v) is 4.92. The number of carbonyl (C=O) groups is 1. The molecule has 0 aromatic heterocycles. The van der Waals surface area contributed by atoms with Crippen molar-refractivity contribution < 1.29 is 15.0 Å². The molecule has 0 radical (unpaired) electrons. The molecule has 0 spiro atoms. The van der Waals surface area contributed by atoms with Crippen molar-refractivity contribution in [3.8, 4) is 28.0 Å². The van der Waals surface area contributed by atoms with E-state index in [9.17, 15) is 9.90 Å². The smallest absolute Gasteiger partial charge is 0.339 e. The average molecular weight is 290 g/mol. The lowest BCUT2D eigenvalue weighted by Crippen LogP contribution is -1.97. The maximum Gasteiger partial charge on any atom is 0.339 e. The van der Waals surface area contributed by atoms with Gasteiger partial charge in [-0.1, -0.05) is 66.7 Å². The van der Waals surface area contributed by atoms with Crippen molar-refractivity contribution in [1.29, 1.82) is 0 Å². The van der Waals surface area contributed by atoms with Crippen LogP contribution in [0.25, 0.3) is 22.3 Å². The van der Waals surface area contributed by atoms with Crippen LogP contribution < -0.4 is 0 Å². The van der Waals surface area contributed by atoms with Crippen LogP contribution in [0.3, 0.4) is 0 Å². The van der Waals surface area contributed by atoms with Crippen LogP contribution in [-0.2, 0) is 0 Å². The Morgan fingerprint density at radius 1 is 0.682 bits per heavy atom. The highest BCUT2D eigenvalue weighted by atomic mass is 16.4. The van der Waals surface area contributed by atoms with Gasteiger partial charge in [-0.2, -0.15) is 0 Å². The van der Waals surface area contributed by atoms with Gasteiger partial charge in [-0.3, -0.25) is 0 Å². The van der Waals surface area contributed by atoms with Gasteiger partial charge >= 0.3 is 5.97 Å². The van der Waals surface area contributed by atoms with Gasteiger partial charge in [0, 0.05) is 5.56 Å². The molecular weight excluding hydrogens is 276 g/mol. The first-order chi connectivity index (χ1) is 10.7. The van der Waals surface area contributed by atoms with Gasteiger partial charge in [0.1, 0.15) is 11.3 Å². The summed E-state index contributed by atoms with van der Waals surface area (Å²) in [6.45, 7) is 0. The molecular formula is C19H14O3. The number of hydrogen-bond acceptors (Lipinski definition) is 2. The van der Waals surface area contributed by atoms with Crippen LogP contribution in [-0.4, -0.2) is 16.2 Å². The van der Waals surface area contributed by atoms with E-state index in [-0.39, 0.29) is 11.3 Å². The lowest BCUT2D eigenvalue weighted by Gasteiger charge is -2.12. The fraction of sp³-hybridized carbons (Fsp3) is 0. The molecule has 0 aliphatic carbocycles. The molecule has 0 atom stereocenters. The number of rotatable bonds is 3. The van der Waals surface area contributed by atoms with Gasteiger partial charge in [-0.05, 0) is 22.8 Å². The molecule has 0 heterocycles. The molecule has 108 valence electrons. The molecule has 0 saturated carbocycles. The summed E-state index contributed by atoms with van der Waals surface area (Å²) in [5.41, 5.74) is 3.17. The van der Waals surface area contributed by atoms with E-state index < -0.39 is 5.97 Å². The summed E-state index contributed by atoms with van der Waals surface area (Å²) >= 11 is 0. The maximum atomic E-state index is 11.2. The molecule has 3 rings (SSSR count). The number of carboxylic acid groups (broad SMARTS) is 1. The van der Waals surface area contributed by atoms with Gasteiger partial charge in [0.15, 0.2) is 0 Å². The molecule has 3 aromatic rings. The predicted octanol–water partition coefficient (Wildman–Crippen LogP) is 4.42. The number of para-hydroxylation sites is 1. The van der Waals surface area contributed by atoms with Crippen LogP contribution in [0.1, 0.15) is 10.4 Å². The Balaban J connectivity index is 2.23. The van der Waals surface area contributed by atoms with Crippen molar-refractivity contribution >= 4 is 5.97 Å². The van der Waals surface area contributed by atoms with Gasteiger partial charge in [-0.15, -0.1) is 0 Å². The standard InChI is InChI=1S/C19H14O3/c20-18-16(11-6-12-17(18)19(21)22)15-10-5-4-9-14(15)13-7-2-1-3-8-13/h1-12,20H,(H,21,22). The monoisotopic (exact) mass is 290 g/mol. The van der Waals surface area contributed by atoms with E-state index in [4.69, 9.17) is 5.11 Å². The minimum absolute atomic E-state index is 0.0969. The van der Waals surface area contributed by atoms with Crippen molar-refractivity contribution in [2.45, 2.75) is 0 Å². The molecule has 2 N–H and O–H groups in total. The fourth-order valence-electron chi connectivity index (χ4n) is 2.52. The fourth-order valence-corrected chi connectivity index (χ4v) is 2.52. The molecule has 22 heavy (non-hydrogen) atoms. The molecule has 0 fully saturated rings. The number of aromatic carboxylic acids is 1. The zero-order valence-corrected chi connectivity index (χ0v) is 11.7. The Kier molecular flexibility index (Phi) is 3.62. The first-order valence-corrected chi connectivity index (χ1v) is 6.88. The summed E-state index contributed by atoms with van der Waals surface area (Å²) in [6, 6.07) is 22.2. The summed E-state index contributed by atoms with van der Waals surface area (Å²) in [4.78, 5) is 11.2. The van der Waals surface area contributed by atoms with Gasteiger partial charge < -0.3 is 10.2 Å². The number of carboxylic acids is 1. The molecule has 0 saturated heterocycles. The summed E-state index contributed by atoms with van der Waals surface area (Å²) in [7, 11) is 0. The van der Waals surface area contributed by atoms with Crippen LogP contribution in [0, 0.1) is 0 Å². The maximum absolute atomic E-state index is 11.2. The number of phenols is 1. The largest absolute Gasteiger partial charge is 0.506 e. The van der Waals surface area contributed by atoms with Crippen LogP contribution >= 0.6 is 0 Å². The van der Waals surface area contributed by atoms with Crippen molar-refractivity contribution in [1.82, 2.24) is 0 Å². The topological polar surface area (TPSA) is 57.5 Å². The Bertz CT molecular complexity index is 823. The van der Waals surface area contributed by atoms with Gasteiger partial charge in [-0.25, -0.2) is 4.79 Å². The number of aromatic hydroxyl groups is 1. The van der Waals surface area contributed by atoms with Crippen LogP contribution in [0.5, 0.6) is 5.75 Å². The molecule has 3 heteroatoms. The highest BCUT2D eigenvalue weighted by molar-refractivity contribution is 5.96. The van der Waals surface area contributed by atoms with E-state index in [0.717, 1.165) is 16.7 Å². The Labute approximate surface area is 128 Å².